The molecule has 0 spiro atoms. The zero-order valence-corrected chi connectivity index (χ0v) is 14.6. The van der Waals surface area contributed by atoms with Gasteiger partial charge in [-0.15, -0.1) is 11.3 Å². The van der Waals surface area contributed by atoms with Gasteiger partial charge < -0.3 is 15.7 Å². The lowest BCUT2D eigenvalue weighted by Gasteiger charge is -2.49. The Kier molecular flexibility index (Phi) is 4.69. The van der Waals surface area contributed by atoms with Crippen molar-refractivity contribution in [3.8, 4) is 6.07 Å². The third-order valence-corrected chi connectivity index (χ3v) is 5.61. The van der Waals surface area contributed by atoms with E-state index in [9.17, 15) is 10.4 Å². The molecule has 3 rings (SSSR count). The van der Waals surface area contributed by atoms with Crippen LogP contribution in [0.25, 0.3) is 0 Å². The van der Waals surface area contributed by atoms with Crippen molar-refractivity contribution in [2.24, 2.45) is 5.41 Å². The summed E-state index contributed by atoms with van der Waals surface area (Å²) in [6.07, 6.45) is 2.77. The molecule has 1 saturated carbocycles. The predicted octanol–water partition coefficient (Wildman–Crippen LogP) is 2.64. The van der Waals surface area contributed by atoms with Gasteiger partial charge in [0.15, 0.2) is 0 Å². The molecule has 0 radical (unpaired) electrons. The van der Waals surface area contributed by atoms with Crippen molar-refractivity contribution in [2.45, 2.75) is 38.8 Å². The summed E-state index contributed by atoms with van der Waals surface area (Å²) in [4.78, 5) is 9.95. The highest BCUT2D eigenvalue weighted by Crippen LogP contribution is 2.42. The summed E-state index contributed by atoms with van der Waals surface area (Å²) in [5, 5.41) is 27.7. The van der Waals surface area contributed by atoms with Crippen molar-refractivity contribution in [1.82, 2.24) is 9.97 Å². The average molecular weight is 343 g/mol. The Hall–Kier alpha value is -2.17. The Bertz CT molecular complexity index is 738. The molecule has 6 nitrogen and oxygen atoms in total. The molecule has 0 bridgehead atoms. The summed E-state index contributed by atoms with van der Waals surface area (Å²) in [5.41, 5.74) is 0.181. The molecule has 0 saturated heterocycles. The van der Waals surface area contributed by atoms with E-state index in [2.05, 4.69) is 38.1 Å². The average Bonchev–Trinajstić information content (AvgIpc) is 3.08. The normalized spacial score (nSPS) is 21.6. The van der Waals surface area contributed by atoms with Crippen LogP contribution in [-0.4, -0.2) is 33.8 Å². The van der Waals surface area contributed by atoms with E-state index in [1.807, 2.05) is 19.9 Å². The van der Waals surface area contributed by atoms with E-state index >= 15 is 0 Å². The van der Waals surface area contributed by atoms with Crippen LogP contribution in [-0.2, 0) is 6.42 Å². The molecule has 1 aliphatic rings. The second-order valence-electron chi connectivity index (χ2n) is 6.59. The summed E-state index contributed by atoms with van der Waals surface area (Å²) in [5.74, 6) is 1.03. The van der Waals surface area contributed by atoms with Crippen LogP contribution in [0.5, 0.6) is 0 Å². The van der Waals surface area contributed by atoms with Crippen molar-refractivity contribution >= 4 is 23.1 Å². The molecule has 0 unspecified atom stereocenters. The first-order valence-corrected chi connectivity index (χ1v) is 8.86. The maximum absolute atomic E-state index is 9.86. The quantitative estimate of drug-likeness (QED) is 0.746. The van der Waals surface area contributed by atoms with Crippen LogP contribution in [0.4, 0.5) is 11.8 Å². The lowest BCUT2D eigenvalue weighted by molar-refractivity contribution is -0.0511. The van der Waals surface area contributed by atoms with E-state index < -0.39 is 0 Å². The maximum Gasteiger partial charge on any atom is 0.224 e. The summed E-state index contributed by atoms with van der Waals surface area (Å²) in [6.45, 7) is 4.75. The number of hydrogen-bond donors (Lipinski definition) is 3. The second kappa shape index (κ2) is 6.75. The van der Waals surface area contributed by atoms with Crippen LogP contribution in [0.1, 0.15) is 30.7 Å². The predicted molar refractivity (Wildman–Crippen MR) is 95.1 cm³/mol. The third-order valence-electron chi connectivity index (χ3n) is 4.67. The van der Waals surface area contributed by atoms with Gasteiger partial charge in [0.05, 0.1) is 12.3 Å². The summed E-state index contributed by atoms with van der Waals surface area (Å²) < 4.78 is 0. The summed E-state index contributed by atoms with van der Waals surface area (Å²) in [7, 11) is 0. The van der Waals surface area contributed by atoms with Crippen molar-refractivity contribution in [1.29, 1.82) is 5.26 Å². The van der Waals surface area contributed by atoms with Gasteiger partial charge in [0, 0.05) is 22.9 Å². The Morgan fingerprint density at radius 2 is 2.33 bits per heavy atom. The Labute approximate surface area is 145 Å². The molecule has 1 aliphatic carbocycles. The number of anilines is 2. The minimum Gasteiger partial charge on any atom is -0.392 e. The van der Waals surface area contributed by atoms with Crippen molar-refractivity contribution < 1.29 is 5.11 Å². The SMILES string of the molecule is CC1(C)[C@@H](O)C[C@H]1Nc1nc(NCCc2cccs2)ncc1C#N. The highest BCUT2D eigenvalue weighted by molar-refractivity contribution is 7.09. The first-order valence-electron chi connectivity index (χ1n) is 7.98. The molecule has 0 amide bonds. The van der Waals surface area contributed by atoms with Crippen LogP contribution < -0.4 is 10.6 Å². The smallest absolute Gasteiger partial charge is 0.224 e. The Morgan fingerprint density at radius 1 is 1.50 bits per heavy atom. The monoisotopic (exact) mass is 343 g/mol. The van der Waals surface area contributed by atoms with Gasteiger partial charge in [-0.1, -0.05) is 19.9 Å². The first kappa shape index (κ1) is 16.7. The van der Waals surface area contributed by atoms with Crippen molar-refractivity contribution in [3.05, 3.63) is 34.2 Å². The van der Waals surface area contributed by atoms with Crippen LogP contribution in [0.2, 0.25) is 0 Å². The standard InChI is InChI=1S/C17H21N5OS/c1-17(2)13(8-14(17)23)21-15-11(9-18)10-20-16(22-15)19-6-5-12-4-3-7-24-12/h3-4,7,10,13-14,23H,5-6,8H2,1-2H3,(H2,19,20,21,22)/t13-,14+/m1/s1. The van der Waals surface area contributed by atoms with Crippen LogP contribution >= 0.6 is 11.3 Å². The highest BCUT2D eigenvalue weighted by Gasteiger charge is 2.47. The molecule has 3 N–H and O–H groups in total. The number of thiophene rings is 1. The number of nitrogens with one attached hydrogen (secondary N) is 2. The van der Waals surface area contributed by atoms with E-state index in [4.69, 9.17) is 0 Å². The van der Waals surface area contributed by atoms with Crippen LogP contribution in [0, 0.1) is 16.7 Å². The van der Waals surface area contributed by atoms with E-state index in [1.54, 1.807) is 11.3 Å². The molecule has 2 aromatic rings. The van der Waals surface area contributed by atoms with Crippen molar-refractivity contribution in [2.75, 3.05) is 17.2 Å². The molecule has 0 aromatic carbocycles. The Balaban J connectivity index is 1.66. The van der Waals surface area contributed by atoms with Crippen LogP contribution in [0.15, 0.2) is 23.7 Å². The van der Waals surface area contributed by atoms with Gasteiger partial charge in [0.1, 0.15) is 17.5 Å². The molecular formula is C17H21N5OS. The summed E-state index contributed by atoms with van der Waals surface area (Å²) in [6, 6.07) is 6.35. The maximum atomic E-state index is 9.86. The minimum absolute atomic E-state index is 0.0912. The van der Waals surface area contributed by atoms with Gasteiger partial charge in [-0.3, -0.25) is 0 Å². The largest absolute Gasteiger partial charge is 0.392 e. The summed E-state index contributed by atoms with van der Waals surface area (Å²) >= 11 is 1.73. The number of aliphatic hydroxyl groups excluding tert-OH is 1. The lowest BCUT2D eigenvalue weighted by Crippen LogP contribution is -2.57. The molecule has 2 aromatic heterocycles. The van der Waals surface area contributed by atoms with Crippen LogP contribution in [0.3, 0.4) is 0 Å². The Morgan fingerprint density at radius 3 is 2.96 bits per heavy atom. The molecule has 2 atom stereocenters. The number of aliphatic hydroxyl groups is 1. The fraction of sp³-hybridized carbons (Fsp3) is 0.471. The van der Waals surface area contributed by atoms with Gasteiger partial charge in [-0.05, 0) is 24.3 Å². The van der Waals surface area contributed by atoms with Crippen molar-refractivity contribution in [3.63, 3.8) is 0 Å². The molecular weight excluding hydrogens is 322 g/mol. The number of aromatic nitrogens is 2. The fourth-order valence-electron chi connectivity index (χ4n) is 2.72. The molecule has 24 heavy (non-hydrogen) atoms. The number of nitriles is 1. The lowest BCUT2D eigenvalue weighted by atomic mass is 9.64. The van der Waals surface area contributed by atoms with Gasteiger partial charge >= 0.3 is 0 Å². The second-order valence-corrected chi connectivity index (χ2v) is 7.63. The third kappa shape index (κ3) is 3.35. The van der Waals surface area contributed by atoms with Gasteiger partial charge in [-0.25, -0.2) is 4.98 Å². The highest BCUT2D eigenvalue weighted by atomic mass is 32.1. The first-order chi connectivity index (χ1) is 11.5. The topological polar surface area (TPSA) is 93.9 Å². The zero-order valence-electron chi connectivity index (χ0n) is 13.8. The molecule has 1 fully saturated rings. The van der Waals surface area contributed by atoms with E-state index in [1.165, 1.54) is 11.1 Å². The van der Waals surface area contributed by atoms with E-state index in [-0.39, 0.29) is 17.6 Å². The number of rotatable bonds is 6. The van der Waals surface area contributed by atoms with Gasteiger partial charge in [-0.2, -0.15) is 10.2 Å². The number of nitrogens with zero attached hydrogens (tertiary/aromatic N) is 3. The van der Waals surface area contributed by atoms with E-state index in [0.29, 0.717) is 23.8 Å². The molecule has 7 heteroatoms. The number of hydrogen-bond acceptors (Lipinski definition) is 7. The fourth-order valence-corrected chi connectivity index (χ4v) is 3.43. The van der Waals surface area contributed by atoms with Gasteiger partial charge in [0.2, 0.25) is 5.95 Å². The molecule has 2 heterocycles. The van der Waals surface area contributed by atoms with E-state index in [0.717, 1.165) is 13.0 Å². The molecule has 0 aliphatic heterocycles. The molecule has 126 valence electrons. The zero-order chi connectivity index (χ0) is 17.2. The minimum atomic E-state index is -0.328. The van der Waals surface area contributed by atoms with Gasteiger partial charge in [0.25, 0.3) is 0 Å².